The molecule has 0 aromatic carbocycles. The number of hydrogen-bond donors (Lipinski definition) is 0. The van der Waals surface area contributed by atoms with Crippen molar-refractivity contribution in [1.82, 2.24) is 0 Å². The highest BCUT2D eigenvalue weighted by molar-refractivity contribution is 5.81. The van der Waals surface area contributed by atoms with Gasteiger partial charge >= 0.3 is 24.2 Å². The first-order valence-corrected chi connectivity index (χ1v) is 4.54. The Balaban J connectivity index is 5.37. The molecular weight excluding hydrogens is 289 g/mol. The molecule has 0 N–H and O–H groups in total. The van der Waals surface area contributed by atoms with Crippen LogP contribution in [-0.4, -0.2) is 30.0 Å². The summed E-state index contributed by atoms with van der Waals surface area (Å²) in [4.78, 5) is 10.7. The molecule has 0 heterocycles. The summed E-state index contributed by atoms with van der Waals surface area (Å²) in [5.74, 6) is -10.2. The third-order valence-electron chi connectivity index (χ3n) is 1.63. The van der Waals surface area contributed by atoms with Crippen LogP contribution in [0.1, 0.15) is 13.8 Å². The van der Waals surface area contributed by atoms with Crippen LogP contribution in [0.4, 0.5) is 30.7 Å². The second-order valence-electron chi connectivity index (χ2n) is 3.72. The third kappa shape index (κ3) is 4.08. The number of hydrogen-bond acceptors (Lipinski definition) is 3. The van der Waals surface area contributed by atoms with E-state index in [1.54, 1.807) is 0 Å². The van der Waals surface area contributed by atoms with Gasteiger partial charge < -0.3 is 4.74 Å². The number of rotatable bonds is 4. The van der Waals surface area contributed by atoms with Crippen LogP contribution in [0.3, 0.4) is 0 Å². The third-order valence-corrected chi connectivity index (χ3v) is 1.63. The Morgan fingerprint density at radius 3 is 1.63 bits per heavy atom. The van der Waals surface area contributed by atoms with Crippen molar-refractivity contribution in [2.75, 3.05) is 0 Å². The van der Waals surface area contributed by atoms with Gasteiger partial charge in [-0.3, -0.25) is 4.74 Å². The van der Waals surface area contributed by atoms with E-state index >= 15 is 0 Å². The Bertz CT molecular complexity index is 342. The molecule has 10 heteroatoms. The molecule has 0 aromatic rings. The summed E-state index contributed by atoms with van der Waals surface area (Å²) in [5.41, 5.74) is 0. The number of esters is 1. The number of carbonyl (C=O) groups is 1. The number of carbonyl (C=O) groups excluding carboxylic acids is 1. The predicted molar refractivity (Wildman–Crippen MR) is 47.4 cm³/mol. The summed E-state index contributed by atoms with van der Waals surface area (Å²) in [6.07, 6.45) is -12.3. The topological polar surface area (TPSA) is 35.5 Å². The SMILES string of the molecule is C=CC(=O)OC(C)(C)OC(F)(C(F)(F)F)C(F)(F)F. The van der Waals surface area contributed by atoms with Crippen molar-refractivity contribution in [1.29, 1.82) is 0 Å². The van der Waals surface area contributed by atoms with E-state index in [-0.39, 0.29) is 0 Å². The van der Waals surface area contributed by atoms with E-state index in [4.69, 9.17) is 0 Å². The largest absolute Gasteiger partial charge is 0.458 e. The molecule has 0 rings (SSSR count). The second-order valence-corrected chi connectivity index (χ2v) is 3.72. The monoisotopic (exact) mass is 298 g/mol. The van der Waals surface area contributed by atoms with E-state index < -0.39 is 30.0 Å². The van der Waals surface area contributed by atoms with Crippen molar-refractivity contribution < 1.29 is 45.0 Å². The molecule has 0 aliphatic heterocycles. The molecule has 0 spiro atoms. The fraction of sp³-hybridized carbons (Fsp3) is 0.667. The van der Waals surface area contributed by atoms with E-state index in [0.29, 0.717) is 19.9 Å². The average Bonchev–Trinajstić information content (AvgIpc) is 2.12. The molecule has 0 aliphatic rings. The molecule has 0 saturated heterocycles. The van der Waals surface area contributed by atoms with Crippen molar-refractivity contribution in [2.45, 2.75) is 37.8 Å². The van der Waals surface area contributed by atoms with E-state index in [2.05, 4.69) is 16.1 Å². The lowest BCUT2D eigenvalue weighted by molar-refractivity contribution is -0.466. The lowest BCUT2D eigenvalue weighted by atomic mass is 10.2. The second kappa shape index (κ2) is 4.99. The summed E-state index contributed by atoms with van der Waals surface area (Å²) in [6.45, 7) is 3.90. The molecule has 19 heavy (non-hydrogen) atoms. The fourth-order valence-electron chi connectivity index (χ4n) is 0.920. The zero-order valence-corrected chi connectivity index (χ0v) is 9.65. The molecule has 0 atom stereocenters. The van der Waals surface area contributed by atoms with Gasteiger partial charge in [-0.05, 0) is 0 Å². The molecule has 0 bridgehead atoms. The zero-order chi connectivity index (χ0) is 15.7. The smallest absolute Gasteiger partial charge is 0.430 e. The quantitative estimate of drug-likeness (QED) is 0.346. The van der Waals surface area contributed by atoms with Crippen LogP contribution in [0.5, 0.6) is 0 Å². The molecular formula is C9H9F7O3. The molecule has 3 nitrogen and oxygen atoms in total. The highest BCUT2D eigenvalue weighted by Gasteiger charge is 2.76. The minimum atomic E-state index is -6.40. The Hall–Kier alpha value is -1.32. The predicted octanol–water partition coefficient (Wildman–Crippen LogP) is 3.26. The minimum Gasteiger partial charge on any atom is -0.430 e. The zero-order valence-electron chi connectivity index (χ0n) is 9.65. The Morgan fingerprint density at radius 1 is 1.00 bits per heavy atom. The summed E-state index contributed by atoms with van der Waals surface area (Å²) in [7, 11) is 0. The molecule has 0 aliphatic carbocycles. The number of alkyl halides is 7. The van der Waals surface area contributed by atoms with E-state index in [1.807, 2.05) is 0 Å². The van der Waals surface area contributed by atoms with Crippen LogP contribution in [-0.2, 0) is 14.3 Å². The molecule has 0 saturated carbocycles. The van der Waals surface area contributed by atoms with Crippen molar-refractivity contribution >= 4 is 5.97 Å². The maximum atomic E-state index is 13.2. The Labute approximate surface area is 103 Å². The lowest BCUT2D eigenvalue weighted by Crippen LogP contribution is -2.59. The Morgan fingerprint density at radius 2 is 1.37 bits per heavy atom. The van der Waals surface area contributed by atoms with Gasteiger partial charge in [-0.15, -0.1) is 0 Å². The van der Waals surface area contributed by atoms with Crippen LogP contribution in [0.2, 0.25) is 0 Å². The van der Waals surface area contributed by atoms with Crippen LogP contribution < -0.4 is 0 Å². The van der Waals surface area contributed by atoms with Gasteiger partial charge in [0, 0.05) is 19.9 Å². The van der Waals surface area contributed by atoms with Gasteiger partial charge in [0.1, 0.15) is 0 Å². The van der Waals surface area contributed by atoms with Gasteiger partial charge in [-0.25, -0.2) is 4.79 Å². The highest BCUT2D eigenvalue weighted by atomic mass is 19.4. The minimum absolute atomic E-state index is 0.464. The van der Waals surface area contributed by atoms with Crippen LogP contribution in [0.15, 0.2) is 12.7 Å². The van der Waals surface area contributed by atoms with Gasteiger partial charge in [-0.2, -0.15) is 30.7 Å². The van der Waals surface area contributed by atoms with Crippen LogP contribution >= 0.6 is 0 Å². The van der Waals surface area contributed by atoms with Crippen molar-refractivity contribution in [2.24, 2.45) is 0 Å². The van der Waals surface area contributed by atoms with Gasteiger partial charge in [0.25, 0.3) is 0 Å². The van der Waals surface area contributed by atoms with Crippen LogP contribution in [0, 0.1) is 0 Å². The van der Waals surface area contributed by atoms with Crippen molar-refractivity contribution in [3.05, 3.63) is 12.7 Å². The van der Waals surface area contributed by atoms with Gasteiger partial charge in [0.15, 0.2) is 0 Å². The molecule has 0 radical (unpaired) electrons. The summed E-state index contributed by atoms with van der Waals surface area (Å²) < 4.78 is 93.6. The summed E-state index contributed by atoms with van der Waals surface area (Å²) >= 11 is 0. The maximum Gasteiger partial charge on any atom is 0.458 e. The first-order chi connectivity index (χ1) is 8.16. The summed E-state index contributed by atoms with van der Waals surface area (Å²) in [5, 5.41) is 0. The lowest BCUT2D eigenvalue weighted by Gasteiger charge is -2.36. The fourth-order valence-corrected chi connectivity index (χ4v) is 0.920. The highest BCUT2D eigenvalue weighted by Crippen LogP contribution is 2.48. The van der Waals surface area contributed by atoms with E-state index in [0.717, 1.165) is 0 Å². The average molecular weight is 298 g/mol. The van der Waals surface area contributed by atoms with E-state index in [1.165, 1.54) is 0 Å². The maximum absolute atomic E-state index is 13.2. The molecule has 0 aromatic heterocycles. The Kier molecular flexibility index (Phi) is 4.64. The van der Waals surface area contributed by atoms with Gasteiger partial charge in [0.05, 0.1) is 0 Å². The van der Waals surface area contributed by atoms with Crippen molar-refractivity contribution in [3.63, 3.8) is 0 Å². The number of ether oxygens (including phenoxy) is 2. The first kappa shape index (κ1) is 17.7. The van der Waals surface area contributed by atoms with Crippen molar-refractivity contribution in [3.8, 4) is 0 Å². The van der Waals surface area contributed by atoms with Crippen LogP contribution in [0.25, 0.3) is 0 Å². The molecule has 0 amide bonds. The van der Waals surface area contributed by atoms with Gasteiger partial charge in [-0.1, -0.05) is 6.58 Å². The summed E-state index contributed by atoms with van der Waals surface area (Å²) in [6, 6.07) is 0. The first-order valence-electron chi connectivity index (χ1n) is 4.54. The molecule has 112 valence electrons. The normalized spacial score (nSPS) is 14.2. The van der Waals surface area contributed by atoms with E-state index in [9.17, 15) is 35.5 Å². The number of halogens is 7. The molecule has 0 fully saturated rings. The standard InChI is InChI=1S/C9H9F7O3/c1-4-5(17)18-6(2,3)19-7(10,8(11,12)13)9(14,15)16/h4H,1H2,2-3H3. The molecule has 0 unspecified atom stereocenters. The van der Waals surface area contributed by atoms with Gasteiger partial charge in [0.2, 0.25) is 5.79 Å².